The SMILES string of the molecule is CC(N)(P(=O)(O)O)P(=O)(O)O.O=S(=O)(O)CCl. The van der Waals surface area contributed by atoms with Gasteiger partial charge in [0.2, 0.25) is 5.02 Å². The lowest BCUT2D eigenvalue weighted by atomic mass is 10.8. The van der Waals surface area contributed by atoms with Gasteiger partial charge in [0.25, 0.3) is 10.1 Å². The molecular formula is C3H12ClNO9P2S. The largest absolute Gasteiger partial charge is 0.357 e. The Morgan fingerprint density at radius 2 is 1.35 bits per heavy atom. The average Bonchev–Trinajstić information content (AvgIpc) is 2.00. The summed E-state index contributed by atoms with van der Waals surface area (Å²) in [7, 11) is -13.8. The summed E-state index contributed by atoms with van der Waals surface area (Å²) < 4.78 is 47.3. The van der Waals surface area contributed by atoms with Gasteiger partial charge in [-0.05, 0) is 6.92 Å². The van der Waals surface area contributed by atoms with Crippen molar-refractivity contribution in [2.45, 2.75) is 11.9 Å². The second kappa shape index (κ2) is 6.07. The minimum atomic E-state index is -4.98. The van der Waals surface area contributed by atoms with Gasteiger partial charge in [0, 0.05) is 0 Å². The fourth-order valence-corrected chi connectivity index (χ4v) is 1.53. The molecule has 106 valence electrons. The molecular weight excluding hydrogens is 323 g/mol. The Balaban J connectivity index is 0. The van der Waals surface area contributed by atoms with Crippen LogP contribution in [0.1, 0.15) is 6.92 Å². The highest BCUT2D eigenvalue weighted by Gasteiger charge is 2.53. The minimum Gasteiger partial charge on any atom is -0.323 e. The topological polar surface area (TPSA) is 195 Å². The summed E-state index contributed by atoms with van der Waals surface area (Å²) in [5, 5.41) is -3.52. The maximum atomic E-state index is 10.4. The Labute approximate surface area is 102 Å². The fraction of sp³-hybridized carbons (Fsp3) is 1.00. The van der Waals surface area contributed by atoms with Gasteiger partial charge in [-0.25, -0.2) is 0 Å². The number of rotatable bonds is 3. The van der Waals surface area contributed by atoms with Crippen LogP contribution in [0, 0.1) is 0 Å². The summed E-state index contributed by atoms with van der Waals surface area (Å²) in [4.78, 5) is 33.5. The van der Waals surface area contributed by atoms with Crippen LogP contribution in [0.3, 0.4) is 0 Å². The number of hydrogen-bond donors (Lipinski definition) is 6. The molecule has 0 atom stereocenters. The van der Waals surface area contributed by atoms with Gasteiger partial charge in [0.15, 0.2) is 0 Å². The maximum absolute atomic E-state index is 10.4. The van der Waals surface area contributed by atoms with Crippen LogP contribution in [0.4, 0.5) is 0 Å². The fourth-order valence-electron chi connectivity index (χ4n) is 0.170. The lowest BCUT2D eigenvalue weighted by Gasteiger charge is -2.25. The van der Waals surface area contributed by atoms with Crippen molar-refractivity contribution in [2.24, 2.45) is 5.73 Å². The van der Waals surface area contributed by atoms with Crippen molar-refractivity contribution in [1.82, 2.24) is 0 Å². The number of hydrogen-bond acceptors (Lipinski definition) is 5. The molecule has 0 radical (unpaired) electrons. The highest BCUT2D eigenvalue weighted by Crippen LogP contribution is 2.65. The molecule has 0 aliphatic rings. The van der Waals surface area contributed by atoms with Gasteiger partial charge in [-0.2, -0.15) is 8.42 Å². The predicted octanol–water partition coefficient (Wildman–Crippen LogP) is -0.955. The monoisotopic (exact) mass is 335 g/mol. The van der Waals surface area contributed by atoms with Crippen LogP contribution in [0.15, 0.2) is 0 Å². The summed E-state index contributed by atoms with van der Waals surface area (Å²) in [5.74, 6) is 0. The Hall–Kier alpha value is 0.460. The van der Waals surface area contributed by atoms with Gasteiger partial charge >= 0.3 is 15.2 Å². The number of alkyl halides is 1. The zero-order valence-corrected chi connectivity index (χ0v) is 11.7. The number of halogens is 1. The normalized spacial score (nSPS) is 13.9. The van der Waals surface area contributed by atoms with Gasteiger partial charge in [-0.1, -0.05) is 0 Å². The van der Waals surface area contributed by atoms with E-state index in [0.717, 1.165) is 0 Å². The molecule has 0 aromatic rings. The molecule has 0 fully saturated rings. The molecule has 17 heavy (non-hydrogen) atoms. The van der Waals surface area contributed by atoms with E-state index in [1.807, 2.05) is 0 Å². The van der Waals surface area contributed by atoms with Gasteiger partial charge in [0.05, 0.1) is 0 Å². The van der Waals surface area contributed by atoms with Crippen molar-refractivity contribution < 1.29 is 41.7 Å². The maximum Gasteiger partial charge on any atom is 0.357 e. The predicted molar refractivity (Wildman–Crippen MR) is 58.9 cm³/mol. The molecule has 0 saturated heterocycles. The Morgan fingerprint density at radius 3 is 1.35 bits per heavy atom. The third-order valence-electron chi connectivity index (χ3n) is 1.32. The van der Waals surface area contributed by atoms with Gasteiger partial charge in [-0.15, -0.1) is 11.6 Å². The second-order valence-electron chi connectivity index (χ2n) is 2.87. The van der Waals surface area contributed by atoms with E-state index in [1.54, 1.807) is 0 Å². The van der Waals surface area contributed by atoms with Crippen molar-refractivity contribution in [3.8, 4) is 0 Å². The molecule has 0 aromatic heterocycles. The zero-order valence-electron chi connectivity index (χ0n) is 8.33. The van der Waals surface area contributed by atoms with Crippen LogP contribution in [-0.4, -0.2) is 42.8 Å². The van der Waals surface area contributed by atoms with Crippen LogP contribution in [0.5, 0.6) is 0 Å². The molecule has 7 N–H and O–H groups in total. The minimum absolute atomic E-state index is 0.606. The standard InChI is InChI=1S/C2H9NO6P2.CH3ClO3S/c1-2(3,10(4,5)6)11(7,8)9;2-1-6(3,4)5/h3H2,1H3,(H2,4,5,6)(H2,7,8,9);1H2,(H,3,4,5). The van der Waals surface area contributed by atoms with Crippen molar-refractivity contribution in [1.29, 1.82) is 0 Å². The highest BCUT2D eigenvalue weighted by molar-refractivity contribution is 7.87. The van der Waals surface area contributed by atoms with Crippen LogP contribution in [0.25, 0.3) is 0 Å². The van der Waals surface area contributed by atoms with Crippen molar-refractivity contribution >= 4 is 36.9 Å². The van der Waals surface area contributed by atoms with Crippen molar-refractivity contribution in [3.63, 3.8) is 0 Å². The first-order valence-corrected chi connectivity index (χ1v) is 8.84. The Morgan fingerprint density at radius 1 is 1.18 bits per heavy atom. The molecule has 0 unspecified atom stereocenters. The first-order valence-electron chi connectivity index (χ1n) is 3.47. The smallest absolute Gasteiger partial charge is 0.323 e. The molecule has 0 bridgehead atoms. The molecule has 10 nitrogen and oxygen atoms in total. The summed E-state index contributed by atoms with van der Waals surface area (Å²) in [6.07, 6.45) is 0. The second-order valence-corrected chi connectivity index (χ2v) is 9.30. The molecule has 0 aliphatic heterocycles. The molecule has 0 aliphatic carbocycles. The van der Waals surface area contributed by atoms with Crippen molar-refractivity contribution in [2.75, 3.05) is 5.21 Å². The van der Waals surface area contributed by atoms with Crippen LogP contribution < -0.4 is 5.73 Å². The van der Waals surface area contributed by atoms with Crippen molar-refractivity contribution in [3.05, 3.63) is 0 Å². The van der Waals surface area contributed by atoms with Crippen LogP contribution in [0.2, 0.25) is 0 Å². The first-order chi connectivity index (χ1) is 7.06. The quantitative estimate of drug-likeness (QED) is 0.212. The van der Waals surface area contributed by atoms with E-state index in [0.29, 0.717) is 6.92 Å². The summed E-state index contributed by atoms with van der Waals surface area (Å²) in [6.45, 7) is 0.606. The summed E-state index contributed by atoms with van der Waals surface area (Å²) >= 11 is 4.64. The molecule has 0 spiro atoms. The van der Waals surface area contributed by atoms with Gasteiger partial charge < -0.3 is 25.3 Å². The Kier molecular flexibility index (Phi) is 7.07. The third kappa shape index (κ3) is 7.47. The highest BCUT2D eigenvalue weighted by atomic mass is 35.5. The molecule has 0 amide bonds. The van der Waals surface area contributed by atoms with Crippen LogP contribution in [-0.2, 0) is 19.2 Å². The third-order valence-corrected chi connectivity index (χ3v) is 6.34. The van der Waals surface area contributed by atoms with E-state index >= 15 is 0 Å². The lowest BCUT2D eigenvalue weighted by molar-refractivity contribution is 0.314. The molecule has 14 heteroatoms. The Bertz CT molecular complexity index is 409. The number of nitrogens with two attached hydrogens (primary N) is 1. The summed E-state index contributed by atoms with van der Waals surface area (Å²) in [5.41, 5.74) is 4.74. The zero-order chi connectivity index (χ0) is 14.7. The molecule has 0 saturated carbocycles. The van der Waals surface area contributed by atoms with E-state index in [-0.39, 0.29) is 0 Å². The van der Waals surface area contributed by atoms with E-state index in [9.17, 15) is 17.5 Å². The van der Waals surface area contributed by atoms with E-state index in [1.165, 1.54) is 0 Å². The van der Waals surface area contributed by atoms with E-state index in [2.05, 4.69) is 11.6 Å². The average molecular weight is 336 g/mol. The lowest BCUT2D eigenvalue weighted by Crippen LogP contribution is -2.35. The summed E-state index contributed by atoms with van der Waals surface area (Å²) in [6, 6.07) is 0. The first kappa shape index (κ1) is 19.8. The molecule has 0 aromatic carbocycles. The van der Waals surface area contributed by atoms with Gasteiger partial charge in [-0.3, -0.25) is 13.7 Å². The molecule has 0 heterocycles. The molecule has 0 rings (SSSR count). The van der Waals surface area contributed by atoms with E-state index in [4.69, 9.17) is 29.9 Å². The van der Waals surface area contributed by atoms with E-state index < -0.39 is 35.5 Å². The van der Waals surface area contributed by atoms with Gasteiger partial charge in [0.1, 0.15) is 5.21 Å². The van der Waals surface area contributed by atoms with Crippen LogP contribution >= 0.6 is 26.8 Å².